The van der Waals surface area contributed by atoms with Crippen LogP contribution in [0.1, 0.15) is 68.7 Å². The second kappa shape index (κ2) is 11.4. The predicted molar refractivity (Wildman–Crippen MR) is 175 cm³/mol. The van der Waals surface area contributed by atoms with Crippen LogP contribution in [0.5, 0.6) is 0 Å². The molecule has 2 aliphatic rings. The largest absolute Gasteiger partial charge is 0.378 e. The summed E-state index contributed by atoms with van der Waals surface area (Å²) in [6, 6.07) is 22.6. The van der Waals surface area contributed by atoms with Crippen LogP contribution in [0.25, 0.3) is 10.9 Å². The summed E-state index contributed by atoms with van der Waals surface area (Å²) in [5, 5.41) is 4.32. The summed E-state index contributed by atoms with van der Waals surface area (Å²) in [7, 11) is 3.94. The second-order valence-electron chi connectivity index (χ2n) is 13.5. The van der Waals surface area contributed by atoms with Crippen LogP contribution >= 0.6 is 0 Å². The first-order chi connectivity index (χ1) is 21.0. The van der Waals surface area contributed by atoms with Crippen molar-refractivity contribution in [3.8, 4) is 0 Å². The standard InChI is InChI=1S/C37H43FN4O2/c1-24-33(28-13-7-9-15-31(28)39-24)34-29(36(34,2)3)22-32(43)42(23-25-12-6-8-14-30(25)38)37(20-10-11-21-37)35(44)40-26-16-18-27(19-17-26)41(4)5/h6-9,12-19,29,34,39H,10-11,20-23H2,1-5H3,(H,40,44)/t29-,34+/m1/s1. The Morgan fingerprint density at radius 2 is 1.61 bits per heavy atom. The second-order valence-corrected chi connectivity index (χ2v) is 13.5. The number of hydrogen-bond acceptors (Lipinski definition) is 3. The number of carbonyl (C=O) groups excluding carboxylic acids is 2. The molecular weight excluding hydrogens is 551 g/mol. The number of aromatic nitrogens is 1. The first-order valence-electron chi connectivity index (χ1n) is 15.7. The summed E-state index contributed by atoms with van der Waals surface area (Å²) < 4.78 is 15.1. The minimum Gasteiger partial charge on any atom is -0.378 e. The summed E-state index contributed by atoms with van der Waals surface area (Å²) in [6.45, 7) is 6.62. The van der Waals surface area contributed by atoms with E-state index in [2.05, 4.69) is 49.3 Å². The van der Waals surface area contributed by atoms with Gasteiger partial charge in [0.15, 0.2) is 0 Å². The van der Waals surface area contributed by atoms with Crippen LogP contribution in [0.2, 0.25) is 0 Å². The van der Waals surface area contributed by atoms with Crippen molar-refractivity contribution in [1.29, 1.82) is 0 Å². The van der Waals surface area contributed by atoms with Gasteiger partial charge in [-0.15, -0.1) is 0 Å². The number of hydrogen-bond donors (Lipinski definition) is 2. The number of halogens is 1. The Morgan fingerprint density at radius 1 is 0.955 bits per heavy atom. The van der Waals surface area contributed by atoms with Crippen LogP contribution < -0.4 is 10.2 Å². The summed E-state index contributed by atoms with van der Waals surface area (Å²) in [5.74, 6) is -0.336. The SMILES string of the molecule is Cc1[nH]c2ccccc2c1[C@@H]1[C@@H](CC(=O)N(Cc2ccccc2F)C2(C(=O)Nc3ccc(N(C)C)cc3)CCCC2)C1(C)C. The van der Waals surface area contributed by atoms with Gasteiger partial charge in [0.1, 0.15) is 11.4 Å². The van der Waals surface area contributed by atoms with Crippen molar-refractivity contribution in [3.63, 3.8) is 0 Å². The Morgan fingerprint density at radius 3 is 2.30 bits per heavy atom. The van der Waals surface area contributed by atoms with Crippen LogP contribution in [0.4, 0.5) is 15.8 Å². The molecule has 4 aromatic rings. The minimum absolute atomic E-state index is 0.0580. The minimum atomic E-state index is -1.05. The fourth-order valence-corrected chi connectivity index (χ4v) is 7.64. The number of anilines is 2. The smallest absolute Gasteiger partial charge is 0.250 e. The lowest BCUT2D eigenvalue weighted by Crippen LogP contribution is -2.57. The maximum Gasteiger partial charge on any atom is 0.250 e. The topological polar surface area (TPSA) is 68.4 Å². The van der Waals surface area contributed by atoms with Gasteiger partial charge >= 0.3 is 0 Å². The zero-order valence-corrected chi connectivity index (χ0v) is 26.4. The fraction of sp³-hybridized carbons (Fsp3) is 0.405. The first-order valence-corrected chi connectivity index (χ1v) is 15.7. The average Bonchev–Trinajstić information content (AvgIpc) is 3.35. The molecule has 6 nitrogen and oxygen atoms in total. The molecule has 6 rings (SSSR count). The Labute approximate surface area is 259 Å². The molecule has 2 N–H and O–H groups in total. The van der Waals surface area contributed by atoms with E-state index in [0.717, 1.165) is 29.7 Å². The van der Waals surface area contributed by atoms with E-state index >= 15 is 4.39 Å². The van der Waals surface area contributed by atoms with Gasteiger partial charge < -0.3 is 20.1 Å². The maximum atomic E-state index is 15.1. The molecule has 0 radical (unpaired) electrons. The van der Waals surface area contributed by atoms with Gasteiger partial charge in [-0.2, -0.15) is 0 Å². The molecule has 0 unspecified atom stereocenters. The van der Waals surface area contributed by atoms with E-state index in [1.54, 1.807) is 23.1 Å². The van der Waals surface area contributed by atoms with Crippen LogP contribution in [0.3, 0.4) is 0 Å². The highest BCUT2D eigenvalue weighted by molar-refractivity contribution is 6.01. The summed E-state index contributed by atoms with van der Waals surface area (Å²) >= 11 is 0. The van der Waals surface area contributed by atoms with Crippen molar-refractivity contribution >= 4 is 34.1 Å². The van der Waals surface area contributed by atoms with E-state index in [1.165, 1.54) is 17.0 Å². The van der Waals surface area contributed by atoms with Crippen LogP contribution in [0.15, 0.2) is 72.8 Å². The van der Waals surface area contributed by atoms with Crippen molar-refractivity contribution in [2.24, 2.45) is 11.3 Å². The van der Waals surface area contributed by atoms with Crippen molar-refractivity contribution in [2.75, 3.05) is 24.3 Å². The van der Waals surface area contributed by atoms with Crippen LogP contribution in [-0.2, 0) is 16.1 Å². The van der Waals surface area contributed by atoms with Gasteiger partial charge in [0.25, 0.3) is 0 Å². The molecule has 2 aliphatic carbocycles. The lowest BCUT2D eigenvalue weighted by Gasteiger charge is -2.40. The van der Waals surface area contributed by atoms with Gasteiger partial charge in [-0.3, -0.25) is 9.59 Å². The molecule has 230 valence electrons. The van der Waals surface area contributed by atoms with E-state index in [1.807, 2.05) is 49.3 Å². The Hall–Kier alpha value is -4.13. The molecule has 2 fully saturated rings. The zero-order valence-electron chi connectivity index (χ0n) is 26.4. The number of benzene rings is 3. The number of carbonyl (C=O) groups is 2. The number of nitrogens with one attached hydrogen (secondary N) is 2. The number of nitrogens with zero attached hydrogens (tertiary/aromatic N) is 2. The molecule has 0 saturated heterocycles. The summed E-state index contributed by atoms with van der Waals surface area (Å²) in [6.07, 6.45) is 3.07. The predicted octanol–water partition coefficient (Wildman–Crippen LogP) is 7.79. The molecule has 7 heteroatoms. The van der Waals surface area contributed by atoms with Gasteiger partial charge in [0, 0.05) is 60.6 Å². The number of fused-ring (bicyclic) bond motifs is 1. The van der Waals surface area contributed by atoms with Crippen LogP contribution in [0, 0.1) is 24.1 Å². The molecule has 0 spiro atoms. The first kappa shape index (κ1) is 29.9. The van der Waals surface area contributed by atoms with Gasteiger partial charge in [0.05, 0.1) is 0 Å². The molecular formula is C37H43FN4O2. The van der Waals surface area contributed by atoms with Gasteiger partial charge in [-0.1, -0.05) is 63.1 Å². The molecule has 0 bridgehead atoms. The monoisotopic (exact) mass is 594 g/mol. The van der Waals surface area contributed by atoms with Crippen molar-refractivity contribution in [2.45, 2.75) is 70.9 Å². The highest BCUT2D eigenvalue weighted by Gasteiger charge is 2.60. The molecule has 1 aromatic heterocycles. The fourth-order valence-electron chi connectivity index (χ4n) is 7.64. The van der Waals surface area contributed by atoms with E-state index < -0.39 is 5.54 Å². The Kier molecular flexibility index (Phi) is 7.76. The molecule has 44 heavy (non-hydrogen) atoms. The maximum absolute atomic E-state index is 15.1. The molecule has 2 atom stereocenters. The average molecular weight is 595 g/mol. The number of aryl methyl sites for hydroxylation is 1. The van der Waals surface area contributed by atoms with Gasteiger partial charge in [0.2, 0.25) is 11.8 Å². The molecule has 0 aliphatic heterocycles. The van der Waals surface area contributed by atoms with Crippen molar-refractivity contribution < 1.29 is 14.0 Å². The molecule has 1 heterocycles. The quantitative estimate of drug-likeness (QED) is 0.208. The summed E-state index contributed by atoms with van der Waals surface area (Å²) in [5.41, 5.74) is 4.51. The number of rotatable bonds is 9. The van der Waals surface area contributed by atoms with Crippen molar-refractivity contribution in [3.05, 3.63) is 95.4 Å². The number of H-pyrrole nitrogens is 1. The van der Waals surface area contributed by atoms with E-state index in [9.17, 15) is 9.59 Å². The van der Waals surface area contributed by atoms with Gasteiger partial charge in [-0.05, 0) is 79.0 Å². The third kappa shape index (κ3) is 5.27. The third-order valence-corrected chi connectivity index (χ3v) is 10.3. The Bertz CT molecular complexity index is 1680. The number of aromatic amines is 1. The molecule has 2 saturated carbocycles. The van der Waals surface area contributed by atoms with E-state index in [4.69, 9.17) is 0 Å². The highest BCUT2D eigenvalue weighted by Crippen LogP contribution is 2.67. The summed E-state index contributed by atoms with van der Waals surface area (Å²) in [4.78, 5) is 36.0. The van der Waals surface area contributed by atoms with E-state index in [-0.39, 0.29) is 41.4 Å². The van der Waals surface area contributed by atoms with Crippen molar-refractivity contribution in [1.82, 2.24) is 9.88 Å². The Balaban J connectivity index is 1.32. The van der Waals surface area contributed by atoms with Crippen LogP contribution in [-0.4, -0.2) is 41.3 Å². The number of para-hydroxylation sites is 1. The normalized spacial score (nSPS) is 20.0. The molecule has 2 amide bonds. The lowest BCUT2D eigenvalue weighted by molar-refractivity contribution is -0.146. The highest BCUT2D eigenvalue weighted by atomic mass is 19.1. The molecule has 3 aromatic carbocycles. The lowest BCUT2D eigenvalue weighted by atomic mass is 9.91. The van der Waals surface area contributed by atoms with Gasteiger partial charge in [-0.25, -0.2) is 4.39 Å². The van der Waals surface area contributed by atoms with E-state index in [0.29, 0.717) is 30.5 Å². The number of amides is 2. The zero-order chi connectivity index (χ0) is 31.2. The third-order valence-electron chi connectivity index (χ3n) is 10.3.